The molecule has 1 aliphatic rings. The van der Waals surface area contributed by atoms with Gasteiger partial charge in [0, 0.05) is 30.8 Å². The maximum Gasteiger partial charge on any atom is 0 e. The largest absolute Gasteiger partial charge is 0 e. The third-order valence-electron chi connectivity index (χ3n) is 3.53. The third-order valence-corrected chi connectivity index (χ3v) is 3.53. The summed E-state index contributed by atoms with van der Waals surface area (Å²) in [5.74, 6) is 0. The van der Waals surface area contributed by atoms with Gasteiger partial charge < -0.3 is 0 Å². The van der Waals surface area contributed by atoms with Crippen LogP contribution in [0.3, 0.4) is 0 Å². The fourth-order valence-corrected chi connectivity index (χ4v) is 2.55. The van der Waals surface area contributed by atoms with Crippen molar-refractivity contribution in [2.24, 2.45) is 0 Å². The quantitative estimate of drug-likeness (QED) is 0.594. The Balaban J connectivity index is 0. The van der Waals surface area contributed by atoms with E-state index in [2.05, 4.69) is 68.5 Å². The van der Waals surface area contributed by atoms with Gasteiger partial charge >= 0.3 is 33.9 Å². The minimum absolute atomic E-state index is 0. The van der Waals surface area contributed by atoms with E-state index in [1.807, 2.05) is 24.2 Å². The molecule has 0 amide bonds. The first-order valence-electron chi connectivity index (χ1n) is 6.95. The minimum Gasteiger partial charge on any atom is 0 e. The van der Waals surface area contributed by atoms with Crippen LogP contribution < -0.4 is 0 Å². The van der Waals surface area contributed by atoms with Gasteiger partial charge in [-0.05, 0) is 11.1 Å². The smallest absolute Gasteiger partial charge is 0 e. The van der Waals surface area contributed by atoms with Crippen LogP contribution in [0.15, 0.2) is 60.7 Å². The van der Waals surface area contributed by atoms with Crippen LogP contribution in [0.5, 0.6) is 0 Å². The predicted octanol–water partition coefficient (Wildman–Crippen LogP) is 3.62. The summed E-state index contributed by atoms with van der Waals surface area (Å²) in [6, 6.07) is 21.3. The number of hydrogen-bond acceptors (Lipinski definition) is 2. The van der Waals surface area contributed by atoms with Gasteiger partial charge in [0.05, 0.1) is 6.04 Å². The van der Waals surface area contributed by atoms with Crippen molar-refractivity contribution in [3.05, 3.63) is 91.7 Å². The van der Waals surface area contributed by atoms with E-state index in [0.29, 0.717) is 6.04 Å². The number of nitrogens with zero attached hydrogens (tertiary/aromatic N) is 1. The van der Waals surface area contributed by atoms with E-state index in [0.717, 1.165) is 6.42 Å². The summed E-state index contributed by atoms with van der Waals surface area (Å²) in [5.41, 5.74) is 2.57. The van der Waals surface area contributed by atoms with Crippen molar-refractivity contribution in [3.63, 3.8) is 0 Å². The second-order valence-corrected chi connectivity index (χ2v) is 4.71. The molecule has 1 aliphatic heterocycles. The van der Waals surface area contributed by atoms with Crippen molar-refractivity contribution in [2.75, 3.05) is 7.05 Å². The zero-order valence-corrected chi connectivity index (χ0v) is 14.9. The van der Waals surface area contributed by atoms with Crippen molar-refractivity contribution in [1.29, 1.82) is 0 Å². The van der Waals surface area contributed by atoms with E-state index < -0.39 is 0 Å². The first-order valence-corrected chi connectivity index (χ1v) is 6.95. The van der Waals surface area contributed by atoms with Gasteiger partial charge in [0.1, 0.15) is 6.10 Å². The van der Waals surface area contributed by atoms with E-state index in [-0.39, 0.29) is 23.5 Å². The molecule has 1 saturated heterocycles. The maximum atomic E-state index is 7.50. The Morgan fingerprint density at radius 3 is 1.64 bits per heavy atom. The monoisotopic (exact) mass is 375 g/mol. The first kappa shape index (κ1) is 25.4. The number of rotatable bonds is 2. The normalized spacial score (nSPS) is 17.7. The molecule has 6 heteroatoms. The van der Waals surface area contributed by atoms with Crippen LogP contribution in [0.1, 0.15) is 29.7 Å². The van der Waals surface area contributed by atoms with Crippen molar-refractivity contribution >= 4 is 0 Å². The van der Waals surface area contributed by atoms with Crippen LogP contribution in [0.2, 0.25) is 0 Å². The summed E-state index contributed by atoms with van der Waals surface area (Å²) < 4.78 is 22.5. The van der Waals surface area contributed by atoms with Gasteiger partial charge in [-0.25, -0.2) is 0 Å². The summed E-state index contributed by atoms with van der Waals surface area (Å²) in [6.45, 7) is 13.5. The number of hydroxylamine groups is 2. The summed E-state index contributed by atoms with van der Waals surface area (Å²) >= 11 is 0. The topological polar surface area (TPSA) is 72.2 Å². The Kier molecular flexibility index (Phi) is 15.9. The zero-order chi connectivity index (χ0) is 18.4. The van der Waals surface area contributed by atoms with Crippen LogP contribution in [0, 0.1) is 20.0 Å². The van der Waals surface area contributed by atoms with Crippen LogP contribution in [0.25, 0.3) is 0 Å². The molecule has 2 aromatic rings. The van der Waals surface area contributed by atoms with Gasteiger partial charge in [0.2, 0.25) is 0 Å². The summed E-state index contributed by atoms with van der Waals surface area (Å²) in [4.78, 5) is 5.95. The maximum absolute atomic E-state index is 7.50. The molecule has 1 heterocycles. The van der Waals surface area contributed by atoms with E-state index in [1.165, 1.54) is 11.1 Å². The van der Waals surface area contributed by atoms with Crippen LogP contribution >= 0.6 is 0 Å². The molecule has 2 aromatic carbocycles. The Labute approximate surface area is 158 Å². The fraction of sp³-hybridized carbons (Fsp3) is 0.211. The Morgan fingerprint density at radius 2 is 1.20 bits per heavy atom. The van der Waals surface area contributed by atoms with E-state index in [9.17, 15) is 0 Å². The SMILES string of the molecule is CN1O[C@@H](c2ccccc2)C[C@H]1c1ccccc1.[C-]#[O+].[C-]#[O+].[C-]#[O+].[Cr]. The molecule has 0 N–H and O–H groups in total. The molecule has 0 radical (unpaired) electrons. The first-order chi connectivity index (χ1) is 11.8. The number of benzene rings is 2. The summed E-state index contributed by atoms with van der Waals surface area (Å²) in [7, 11) is 2.01. The standard InChI is InChI=1S/C16H17NO.3CO.Cr/c1-17-15(13-8-4-2-5-9-13)12-16(18-17)14-10-6-3-7-11-14;3*1-2;/h2-11,15-16H,12H2,1H3;;;;/t15-,16+;;;;/m0..../s1. The summed E-state index contributed by atoms with van der Waals surface area (Å²) in [5, 5.41) is 1.98. The van der Waals surface area contributed by atoms with Crippen LogP contribution in [-0.2, 0) is 36.2 Å². The van der Waals surface area contributed by atoms with Gasteiger partial charge in [-0.2, -0.15) is 5.06 Å². The van der Waals surface area contributed by atoms with Crippen molar-refractivity contribution < 1.29 is 36.2 Å². The molecule has 3 rings (SSSR count). The molecule has 0 spiro atoms. The zero-order valence-electron chi connectivity index (χ0n) is 13.6. The van der Waals surface area contributed by atoms with Gasteiger partial charge in [-0.15, -0.1) is 0 Å². The molecule has 0 unspecified atom stereocenters. The molecule has 2 atom stereocenters. The van der Waals surface area contributed by atoms with E-state index in [1.54, 1.807) is 0 Å². The average molecular weight is 375 g/mol. The third kappa shape index (κ3) is 7.69. The second kappa shape index (κ2) is 15.6. The van der Waals surface area contributed by atoms with Gasteiger partial charge in [0.15, 0.2) is 0 Å². The molecule has 1 fully saturated rings. The Bertz CT molecular complexity index is 614. The fourth-order valence-electron chi connectivity index (χ4n) is 2.55. The molecule has 25 heavy (non-hydrogen) atoms. The summed E-state index contributed by atoms with van der Waals surface area (Å²) in [6.07, 6.45) is 1.17. The second-order valence-electron chi connectivity index (χ2n) is 4.71. The van der Waals surface area contributed by atoms with Gasteiger partial charge in [0.25, 0.3) is 0 Å². The van der Waals surface area contributed by atoms with Gasteiger partial charge in [-0.3, -0.25) is 4.84 Å². The molecule has 0 bridgehead atoms. The predicted molar refractivity (Wildman–Crippen MR) is 83.6 cm³/mol. The van der Waals surface area contributed by atoms with Crippen molar-refractivity contribution in [2.45, 2.75) is 18.6 Å². The number of hydrogen-bond donors (Lipinski definition) is 0. The van der Waals surface area contributed by atoms with E-state index in [4.69, 9.17) is 18.8 Å². The van der Waals surface area contributed by atoms with Crippen LogP contribution in [-0.4, -0.2) is 12.1 Å². The molecule has 0 saturated carbocycles. The van der Waals surface area contributed by atoms with E-state index >= 15 is 0 Å². The average Bonchev–Trinajstić information content (AvgIpc) is 3.10. The van der Waals surface area contributed by atoms with Gasteiger partial charge in [-0.1, -0.05) is 60.7 Å². The molecule has 128 valence electrons. The molecule has 0 aromatic heterocycles. The van der Waals surface area contributed by atoms with Crippen molar-refractivity contribution in [1.82, 2.24) is 5.06 Å². The van der Waals surface area contributed by atoms with Crippen LogP contribution in [0.4, 0.5) is 0 Å². The Hall–Kier alpha value is -1.89. The van der Waals surface area contributed by atoms with Crippen molar-refractivity contribution in [3.8, 4) is 0 Å². The molecular formula is C19H17CrNO4. The minimum atomic E-state index is 0. The molecular weight excluding hydrogens is 358 g/mol. The Morgan fingerprint density at radius 1 is 0.800 bits per heavy atom. The molecule has 5 nitrogen and oxygen atoms in total. The molecule has 0 aliphatic carbocycles.